The Bertz CT molecular complexity index is 1370. The van der Waals surface area contributed by atoms with E-state index < -0.39 is 10.3 Å². The Kier molecular flexibility index (Phi) is 5.12. The van der Waals surface area contributed by atoms with Crippen LogP contribution in [0.2, 0.25) is 5.02 Å². The molecule has 2 fully saturated rings. The summed E-state index contributed by atoms with van der Waals surface area (Å²) in [5.41, 5.74) is 1.10. The SMILES string of the molecule is CN1C(=O)C2(c3cc(Cl)ccc31)N(C)CC(c1ccncc1)C21SC(=S)N(Cc2ccco2)C1=O. The van der Waals surface area contributed by atoms with E-state index in [1.54, 1.807) is 47.6 Å². The normalized spacial score (nSPS) is 28.2. The number of benzene rings is 1. The van der Waals surface area contributed by atoms with Crippen LogP contribution in [0.25, 0.3) is 0 Å². The van der Waals surface area contributed by atoms with Crippen molar-refractivity contribution in [1.82, 2.24) is 14.8 Å². The van der Waals surface area contributed by atoms with E-state index in [1.807, 2.05) is 42.3 Å². The highest BCUT2D eigenvalue weighted by Crippen LogP contribution is 2.66. The molecule has 2 saturated heterocycles. The van der Waals surface area contributed by atoms with E-state index in [4.69, 9.17) is 28.2 Å². The lowest BCUT2D eigenvalue weighted by atomic mass is 9.72. The molecule has 0 radical (unpaired) electrons. The van der Waals surface area contributed by atoms with Crippen molar-refractivity contribution < 1.29 is 14.0 Å². The maximum Gasteiger partial charge on any atom is 0.254 e. The second kappa shape index (κ2) is 7.89. The summed E-state index contributed by atoms with van der Waals surface area (Å²) < 4.78 is 4.71. The first-order chi connectivity index (χ1) is 16.8. The maximum atomic E-state index is 14.6. The number of anilines is 1. The average Bonchev–Trinajstić information content (AvgIpc) is 3.57. The average molecular weight is 525 g/mol. The molecule has 10 heteroatoms. The number of thioether (sulfide) groups is 1. The number of likely N-dealkylation sites (N-methyl/N-ethyl adjacent to an activating group) is 2. The molecule has 0 aliphatic carbocycles. The van der Waals surface area contributed by atoms with Crippen LogP contribution < -0.4 is 4.90 Å². The first-order valence-corrected chi connectivity index (χ1v) is 12.7. The summed E-state index contributed by atoms with van der Waals surface area (Å²) in [4.78, 5) is 38.3. The van der Waals surface area contributed by atoms with Crippen LogP contribution in [0.1, 0.15) is 22.8 Å². The first kappa shape index (κ1) is 22.7. The Morgan fingerprint density at radius 3 is 2.66 bits per heavy atom. The van der Waals surface area contributed by atoms with Crippen LogP contribution >= 0.6 is 35.6 Å². The molecule has 3 aliphatic rings. The molecule has 3 aromatic rings. The van der Waals surface area contributed by atoms with Gasteiger partial charge in [-0.15, -0.1) is 0 Å². The van der Waals surface area contributed by atoms with Gasteiger partial charge in [0.25, 0.3) is 5.91 Å². The fourth-order valence-corrected chi connectivity index (χ4v) is 8.26. The predicted octanol–water partition coefficient (Wildman–Crippen LogP) is 4.03. The van der Waals surface area contributed by atoms with Crippen molar-refractivity contribution in [2.24, 2.45) is 0 Å². The third-order valence-corrected chi connectivity index (χ3v) is 9.59. The zero-order chi connectivity index (χ0) is 24.5. The summed E-state index contributed by atoms with van der Waals surface area (Å²) in [7, 11) is 3.64. The predicted molar refractivity (Wildman–Crippen MR) is 138 cm³/mol. The van der Waals surface area contributed by atoms with Crippen LogP contribution in [-0.2, 0) is 21.7 Å². The van der Waals surface area contributed by atoms with E-state index >= 15 is 0 Å². The number of carbonyl (C=O) groups is 2. The molecule has 0 N–H and O–H groups in total. The molecule has 3 unspecified atom stereocenters. The van der Waals surface area contributed by atoms with Crippen molar-refractivity contribution in [3.63, 3.8) is 0 Å². The number of aromatic nitrogens is 1. The summed E-state index contributed by atoms with van der Waals surface area (Å²) in [5.74, 6) is -0.0747. The number of nitrogens with zero attached hydrogens (tertiary/aromatic N) is 4. The molecule has 6 rings (SSSR count). The summed E-state index contributed by atoms with van der Waals surface area (Å²) in [5, 5.41) is 0.507. The summed E-state index contributed by atoms with van der Waals surface area (Å²) in [6.07, 6.45) is 5.00. The summed E-state index contributed by atoms with van der Waals surface area (Å²) in [6, 6.07) is 12.8. The molecule has 0 bridgehead atoms. The van der Waals surface area contributed by atoms with Crippen molar-refractivity contribution in [3.05, 3.63) is 83.0 Å². The molecule has 3 atom stereocenters. The van der Waals surface area contributed by atoms with Crippen molar-refractivity contribution in [2.75, 3.05) is 25.5 Å². The van der Waals surface area contributed by atoms with E-state index in [2.05, 4.69) is 4.98 Å². The monoisotopic (exact) mass is 524 g/mol. The smallest absolute Gasteiger partial charge is 0.254 e. The van der Waals surface area contributed by atoms with Crippen molar-refractivity contribution >= 4 is 57.4 Å². The first-order valence-electron chi connectivity index (χ1n) is 11.1. The Morgan fingerprint density at radius 1 is 1.17 bits per heavy atom. The molecule has 0 saturated carbocycles. The molecule has 3 aliphatic heterocycles. The third kappa shape index (κ3) is 2.83. The Hall–Kier alpha value is -2.72. The highest BCUT2D eigenvalue weighted by atomic mass is 35.5. The van der Waals surface area contributed by atoms with Gasteiger partial charge < -0.3 is 9.32 Å². The van der Waals surface area contributed by atoms with Crippen LogP contribution in [0.3, 0.4) is 0 Å². The second-order valence-corrected chi connectivity index (χ2v) is 11.3. The van der Waals surface area contributed by atoms with Crippen LogP contribution in [0.5, 0.6) is 0 Å². The van der Waals surface area contributed by atoms with Crippen LogP contribution in [0.4, 0.5) is 5.69 Å². The lowest BCUT2D eigenvalue weighted by Gasteiger charge is -2.42. The third-order valence-electron chi connectivity index (χ3n) is 7.42. The van der Waals surface area contributed by atoms with Gasteiger partial charge in [0.2, 0.25) is 5.91 Å². The number of thiocarbonyl (C=S) groups is 1. The van der Waals surface area contributed by atoms with Gasteiger partial charge in [-0.2, -0.15) is 0 Å². The fourth-order valence-electron chi connectivity index (χ4n) is 5.96. The Balaban J connectivity index is 1.62. The van der Waals surface area contributed by atoms with E-state index in [9.17, 15) is 9.59 Å². The number of halogens is 1. The number of furan rings is 1. The standard InChI is InChI=1S/C25H21ClN4O3S2/c1-28-14-19(15-7-9-27-10-8-15)25(22(32)30(23(34)35-25)13-17-4-3-11-33-17)24(28)18-12-16(26)5-6-20(18)29(2)21(24)31/h3-12,19H,13-14H2,1-2H3. The number of likely N-dealkylation sites (tertiary alicyclic amines) is 1. The van der Waals surface area contributed by atoms with Gasteiger partial charge >= 0.3 is 0 Å². The Morgan fingerprint density at radius 2 is 1.94 bits per heavy atom. The van der Waals surface area contributed by atoms with Crippen LogP contribution in [0.15, 0.2) is 65.5 Å². The lowest BCUT2D eigenvalue weighted by molar-refractivity contribution is -0.139. The number of hydrogen-bond donors (Lipinski definition) is 0. The molecule has 35 heavy (non-hydrogen) atoms. The van der Waals surface area contributed by atoms with Crippen molar-refractivity contribution in [1.29, 1.82) is 0 Å². The van der Waals surface area contributed by atoms with Crippen molar-refractivity contribution in [2.45, 2.75) is 22.7 Å². The van der Waals surface area contributed by atoms with Gasteiger partial charge in [0, 0.05) is 48.2 Å². The van der Waals surface area contributed by atoms with Gasteiger partial charge in [0.1, 0.15) is 14.8 Å². The number of rotatable bonds is 3. The second-order valence-electron chi connectivity index (χ2n) is 9.02. The van der Waals surface area contributed by atoms with E-state index in [0.29, 0.717) is 21.6 Å². The van der Waals surface area contributed by atoms with Gasteiger partial charge in [-0.25, -0.2) is 0 Å². The minimum atomic E-state index is -1.29. The van der Waals surface area contributed by atoms with Gasteiger partial charge in [0.15, 0.2) is 5.54 Å². The molecule has 1 aromatic carbocycles. The number of fused-ring (bicyclic) bond motifs is 3. The number of pyridine rings is 1. The van der Waals surface area contributed by atoms with Gasteiger partial charge in [-0.1, -0.05) is 35.6 Å². The molecule has 5 heterocycles. The lowest BCUT2D eigenvalue weighted by Crippen LogP contribution is -2.62. The van der Waals surface area contributed by atoms with E-state index in [-0.39, 0.29) is 24.3 Å². The highest BCUT2D eigenvalue weighted by molar-refractivity contribution is 8.25. The number of amides is 2. The van der Waals surface area contributed by atoms with Gasteiger partial charge in [0.05, 0.1) is 12.8 Å². The van der Waals surface area contributed by atoms with Crippen molar-refractivity contribution in [3.8, 4) is 0 Å². The van der Waals surface area contributed by atoms with Gasteiger partial charge in [-0.3, -0.25) is 24.4 Å². The summed E-state index contributed by atoms with van der Waals surface area (Å²) >= 11 is 13.6. The van der Waals surface area contributed by atoms with Gasteiger partial charge in [-0.05, 0) is 55.1 Å². The topological polar surface area (TPSA) is 69.9 Å². The molecule has 2 spiro atoms. The molecule has 178 valence electrons. The molecule has 7 nitrogen and oxygen atoms in total. The number of hydrogen-bond acceptors (Lipinski definition) is 7. The molecule has 2 aromatic heterocycles. The minimum absolute atomic E-state index is 0.169. The quantitative estimate of drug-likeness (QED) is 0.479. The molecule has 2 amide bonds. The maximum absolute atomic E-state index is 14.6. The molecular formula is C25H21ClN4O3S2. The van der Waals surface area contributed by atoms with Crippen LogP contribution in [0, 0.1) is 0 Å². The Labute approximate surface area is 217 Å². The fraction of sp³-hybridized carbons (Fsp3) is 0.280. The minimum Gasteiger partial charge on any atom is -0.467 e. The van der Waals surface area contributed by atoms with E-state index in [1.165, 1.54) is 11.8 Å². The number of carbonyl (C=O) groups excluding carboxylic acids is 2. The zero-order valence-corrected chi connectivity index (χ0v) is 21.4. The largest absolute Gasteiger partial charge is 0.467 e. The summed E-state index contributed by atoms with van der Waals surface area (Å²) in [6.45, 7) is 0.681. The van der Waals surface area contributed by atoms with E-state index in [0.717, 1.165) is 16.8 Å². The zero-order valence-electron chi connectivity index (χ0n) is 19.0. The highest BCUT2D eigenvalue weighted by Gasteiger charge is 2.78. The molecular weight excluding hydrogens is 504 g/mol. The van der Waals surface area contributed by atoms with Crippen LogP contribution in [-0.4, -0.2) is 56.3 Å².